The molecular weight excluding hydrogens is 358 g/mol. The second-order valence-corrected chi connectivity index (χ2v) is 6.13. The third-order valence-electron chi connectivity index (χ3n) is 3.22. The van der Waals surface area contributed by atoms with E-state index in [4.69, 9.17) is 0 Å². The molecule has 0 aliphatic carbocycles. The number of nitriles is 1. The van der Waals surface area contributed by atoms with Crippen molar-refractivity contribution >= 4 is 40.1 Å². The highest BCUT2D eigenvalue weighted by atomic mass is 32.1. The van der Waals surface area contributed by atoms with Crippen LogP contribution in [0.25, 0.3) is 0 Å². The smallest absolute Gasteiger partial charge is 0.281 e. The number of nitro groups is 1. The van der Waals surface area contributed by atoms with Gasteiger partial charge >= 0.3 is 0 Å². The van der Waals surface area contributed by atoms with Gasteiger partial charge < -0.3 is 5.32 Å². The number of thiophene rings is 1. The van der Waals surface area contributed by atoms with E-state index in [9.17, 15) is 25.0 Å². The first-order valence-corrected chi connectivity index (χ1v) is 8.04. The fourth-order valence-corrected chi connectivity index (χ4v) is 3.14. The molecule has 0 saturated carbocycles. The van der Waals surface area contributed by atoms with Crippen molar-refractivity contribution in [1.29, 1.82) is 5.26 Å². The molecule has 0 spiro atoms. The number of anilines is 1. The molecule has 0 atom stereocenters. The number of hydrogen-bond donors (Lipinski definition) is 2. The Labute approximate surface area is 152 Å². The number of hydrazone groups is 1. The zero-order valence-corrected chi connectivity index (χ0v) is 14.6. The van der Waals surface area contributed by atoms with Crippen LogP contribution in [0.4, 0.5) is 10.7 Å². The predicted molar refractivity (Wildman–Crippen MR) is 96.2 cm³/mol. The minimum absolute atomic E-state index is 0.0898. The van der Waals surface area contributed by atoms with E-state index in [2.05, 4.69) is 15.8 Å². The number of carbonyl (C=O) groups excluding carboxylic acids is 2. The molecule has 0 radical (unpaired) electrons. The summed E-state index contributed by atoms with van der Waals surface area (Å²) in [5, 5.41) is 26.5. The molecule has 0 unspecified atom stereocenters. The van der Waals surface area contributed by atoms with Gasteiger partial charge in [-0.25, -0.2) is 5.43 Å². The molecule has 132 valence electrons. The van der Waals surface area contributed by atoms with Crippen LogP contribution < -0.4 is 10.7 Å². The summed E-state index contributed by atoms with van der Waals surface area (Å²) >= 11 is 0.970. The molecule has 2 N–H and O–H groups in total. The lowest BCUT2D eigenvalue weighted by atomic mass is 10.1. The molecule has 0 aliphatic rings. The standard InChI is InChI=1S/C16H13N5O4S/c1-9-13(7-17)16(19-10(2)22)26-14(9)15(23)20-18-8-11-4-3-5-12(6-11)21(24)25/h3-6,8H,1-2H3,(H,19,22)(H,20,23)/b18-8-. The second kappa shape index (κ2) is 8.00. The van der Waals surface area contributed by atoms with Gasteiger partial charge in [0, 0.05) is 24.6 Å². The minimum Gasteiger partial charge on any atom is -0.317 e. The van der Waals surface area contributed by atoms with Crippen molar-refractivity contribution < 1.29 is 14.5 Å². The van der Waals surface area contributed by atoms with Gasteiger partial charge in [0.25, 0.3) is 11.6 Å². The van der Waals surface area contributed by atoms with Gasteiger partial charge in [0.2, 0.25) is 5.91 Å². The normalized spacial score (nSPS) is 10.3. The molecule has 2 amide bonds. The zero-order valence-electron chi connectivity index (χ0n) is 13.8. The molecule has 1 heterocycles. The van der Waals surface area contributed by atoms with Gasteiger partial charge in [-0.3, -0.25) is 19.7 Å². The molecule has 0 bridgehead atoms. The van der Waals surface area contributed by atoms with Crippen LogP contribution in [0.3, 0.4) is 0 Å². The lowest BCUT2D eigenvalue weighted by molar-refractivity contribution is -0.384. The van der Waals surface area contributed by atoms with E-state index >= 15 is 0 Å². The molecular formula is C16H13N5O4S. The summed E-state index contributed by atoms with van der Waals surface area (Å²) in [5.74, 6) is -0.902. The molecule has 9 nitrogen and oxygen atoms in total. The van der Waals surface area contributed by atoms with Crippen LogP contribution in [0.2, 0.25) is 0 Å². The fourth-order valence-electron chi connectivity index (χ4n) is 2.05. The van der Waals surface area contributed by atoms with Crippen molar-refractivity contribution in [2.45, 2.75) is 13.8 Å². The van der Waals surface area contributed by atoms with Crippen molar-refractivity contribution in [2.24, 2.45) is 5.10 Å². The Morgan fingerprint density at radius 2 is 2.15 bits per heavy atom. The Balaban J connectivity index is 2.17. The largest absolute Gasteiger partial charge is 0.317 e. The van der Waals surface area contributed by atoms with Crippen molar-refractivity contribution in [2.75, 3.05) is 5.32 Å². The zero-order chi connectivity index (χ0) is 19.3. The van der Waals surface area contributed by atoms with Gasteiger partial charge in [-0.05, 0) is 12.5 Å². The van der Waals surface area contributed by atoms with E-state index < -0.39 is 10.8 Å². The molecule has 1 aromatic carbocycles. The third-order valence-corrected chi connectivity index (χ3v) is 4.42. The monoisotopic (exact) mass is 371 g/mol. The highest BCUT2D eigenvalue weighted by Crippen LogP contribution is 2.32. The van der Waals surface area contributed by atoms with Gasteiger partial charge in [0.1, 0.15) is 15.9 Å². The number of nitrogens with zero attached hydrogens (tertiary/aromatic N) is 3. The highest BCUT2D eigenvalue weighted by Gasteiger charge is 2.20. The molecule has 0 saturated heterocycles. The molecule has 26 heavy (non-hydrogen) atoms. The molecule has 10 heteroatoms. The number of nitro benzene ring substituents is 1. The van der Waals surface area contributed by atoms with Crippen molar-refractivity contribution in [3.63, 3.8) is 0 Å². The maximum atomic E-state index is 12.3. The van der Waals surface area contributed by atoms with Crippen LogP contribution in [0.15, 0.2) is 29.4 Å². The number of benzene rings is 1. The van der Waals surface area contributed by atoms with E-state index in [0.717, 1.165) is 11.3 Å². The lowest BCUT2D eigenvalue weighted by Gasteiger charge is -1.98. The lowest BCUT2D eigenvalue weighted by Crippen LogP contribution is -2.17. The van der Waals surface area contributed by atoms with Crippen LogP contribution in [-0.4, -0.2) is 23.0 Å². The maximum Gasteiger partial charge on any atom is 0.281 e. The van der Waals surface area contributed by atoms with E-state index in [1.807, 2.05) is 6.07 Å². The van der Waals surface area contributed by atoms with Crippen LogP contribution in [0.5, 0.6) is 0 Å². The van der Waals surface area contributed by atoms with Crippen LogP contribution in [0, 0.1) is 28.4 Å². The Bertz CT molecular complexity index is 958. The average Bonchev–Trinajstić information content (AvgIpc) is 2.89. The first-order chi connectivity index (χ1) is 12.3. The van der Waals surface area contributed by atoms with Crippen molar-refractivity contribution in [3.8, 4) is 6.07 Å². The van der Waals surface area contributed by atoms with Gasteiger partial charge in [0.05, 0.1) is 16.7 Å². The van der Waals surface area contributed by atoms with Gasteiger partial charge in [-0.2, -0.15) is 10.4 Å². The maximum absolute atomic E-state index is 12.3. The average molecular weight is 371 g/mol. The van der Waals surface area contributed by atoms with E-state index in [0.29, 0.717) is 16.1 Å². The van der Waals surface area contributed by atoms with Gasteiger partial charge in [0.15, 0.2) is 0 Å². The molecule has 0 aliphatic heterocycles. The molecule has 2 rings (SSSR count). The van der Waals surface area contributed by atoms with E-state index in [-0.39, 0.29) is 22.0 Å². The summed E-state index contributed by atoms with van der Waals surface area (Å²) in [7, 11) is 0. The van der Waals surface area contributed by atoms with E-state index in [1.165, 1.54) is 31.3 Å². The topological polar surface area (TPSA) is 137 Å². The number of non-ortho nitro benzene ring substituents is 1. The Morgan fingerprint density at radius 1 is 1.42 bits per heavy atom. The number of carbonyl (C=O) groups is 2. The third kappa shape index (κ3) is 4.28. The molecule has 0 fully saturated rings. The van der Waals surface area contributed by atoms with Crippen molar-refractivity contribution in [1.82, 2.24) is 5.43 Å². The quantitative estimate of drug-likeness (QED) is 0.472. The first-order valence-electron chi connectivity index (χ1n) is 7.22. The van der Waals surface area contributed by atoms with Crippen LogP contribution >= 0.6 is 11.3 Å². The summed E-state index contributed by atoms with van der Waals surface area (Å²) in [6, 6.07) is 7.72. The summed E-state index contributed by atoms with van der Waals surface area (Å²) in [5.41, 5.74) is 3.31. The Kier molecular flexibility index (Phi) is 5.77. The number of amides is 2. The molecule has 2 aromatic rings. The van der Waals surface area contributed by atoms with Gasteiger partial charge in [-0.1, -0.05) is 12.1 Å². The fraction of sp³-hybridized carbons (Fsp3) is 0.125. The van der Waals surface area contributed by atoms with Gasteiger partial charge in [-0.15, -0.1) is 11.3 Å². The number of hydrogen-bond acceptors (Lipinski definition) is 7. The Morgan fingerprint density at radius 3 is 2.77 bits per heavy atom. The van der Waals surface area contributed by atoms with E-state index in [1.54, 1.807) is 13.0 Å². The predicted octanol–water partition coefficient (Wildman–Crippen LogP) is 2.56. The van der Waals surface area contributed by atoms with Crippen LogP contribution in [-0.2, 0) is 4.79 Å². The second-order valence-electron chi connectivity index (χ2n) is 5.10. The summed E-state index contributed by atoms with van der Waals surface area (Å²) in [6.45, 7) is 2.90. The molecule has 1 aromatic heterocycles. The van der Waals surface area contributed by atoms with Crippen LogP contribution in [0.1, 0.15) is 33.3 Å². The Hall–Kier alpha value is -3.58. The highest BCUT2D eigenvalue weighted by molar-refractivity contribution is 7.18. The number of rotatable bonds is 5. The minimum atomic E-state index is -0.553. The first kappa shape index (κ1) is 18.8. The summed E-state index contributed by atoms with van der Waals surface area (Å²) in [4.78, 5) is 33.9. The SMILES string of the molecule is CC(=O)Nc1sc(C(=O)N/N=C\c2cccc([N+](=O)[O-])c2)c(C)c1C#N. The van der Waals surface area contributed by atoms with Crippen molar-refractivity contribution in [3.05, 3.63) is 55.9 Å². The summed E-state index contributed by atoms with van der Waals surface area (Å²) in [6.07, 6.45) is 1.27. The summed E-state index contributed by atoms with van der Waals surface area (Å²) < 4.78 is 0. The number of nitrogens with one attached hydrogen (secondary N) is 2.